The van der Waals surface area contributed by atoms with Gasteiger partial charge in [0, 0.05) is 6.54 Å². The highest BCUT2D eigenvalue weighted by Crippen LogP contribution is 2.43. The van der Waals surface area contributed by atoms with Crippen molar-refractivity contribution in [3.05, 3.63) is 12.7 Å². The molecular weight excluding hydrogens is 407 g/mol. The number of esters is 1. The van der Waals surface area contributed by atoms with Gasteiger partial charge in [-0.15, -0.1) is 6.58 Å². The van der Waals surface area contributed by atoms with Gasteiger partial charge in [0.2, 0.25) is 0 Å². The number of alkyl halides is 3. The third kappa shape index (κ3) is 6.20. The second-order valence-electron chi connectivity index (χ2n) is 9.20. The minimum Gasteiger partial charge on any atom is -0.459 e. The van der Waals surface area contributed by atoms with E-state index in [0.29, 0.717) is 18.8 Å². The number of hydrogen-bond acceptors (Lipinski definition) is 4. The van der Waals surface area contributed by atoms with Crippen molar-refractivity contribution < 1.29 is 31.1 Å². The van der Waals surface area contributed by atoms with Crippen LogP contribution in [0, 0.1) is 29.6 Å². The van der Waals surface area contributed by atoms with Crippen molar-refractivity contribution in [1.82, 2.24) is 4.72 Å². The number of ether oxygens (including phenoxy) is 1. The zero-order chi connectivity index (χ0) is 22.0. The highest BCUT2D eigenvalue weighted by molar-refractivity contribution is 7.90. The molecule has 0 aliphatic heterocycles. The number of carbonyl (C=O) groups is 1. The number of rotatable bonds is 7. The number of nitrogens with one attached hydrogen (secondary N) is 1. The predicted molar refractivity (Wildman–Crippen MR) is 104 cm³/mol. The Balaban J connectivity index is 1.95. The molecule has 6 unspecified atom stereocenters. The number of allylic oxidation sites excluding steroid dienone is 1. The van der Waals surface area contributed by atoms with Gasteiger partial charge in [-0.05, 0) is 69.1 Å². The van der Waals surface area contributed by atoms with E-state index in [0.717, 1.165) is 19.3 Å². The zero-order valence-electron chi connectivity index (χ0n) is 17.3. The quantitative estimate of drug-likeness (QED) is 0.471. The van der Waals surface area contributed by atoms with Crippen molar-refractivity contribution >= 4 is 16.0 Å². The van der Waals surface area contributed by atoms with E-state index in [2.05, 4.69) is 13.5 Å². The Morgan fingerprint density at radius 2 is 1.86 bits per heavy atom. The fraction of sp³-hybridized carbons (Fsp3) is 0.850. The molecule has 0 aromatic rings. The summed E-state index contributed by atoms with van der Waals surface area (Å²) < 4.78 is 67.2. The fourth-order valence-electron chi connectivity index (χ4n) is 5.13. The molecule has 9 heteroatoms. The van der Waals surface area contributed by atoms with Gasteiger partial charge in [-0.2, -0.15) is 13.2 Å². The molecule has 29 heavy (non-hydrogen) atoms. The molecule has 2 aliphatic carbocycles. The summed E-state index contributed by atoms with van der Waals surface area (Å²) in [5, 5.41) is 0. The molecule has 2 saturated carbocycles. The molecule has 168 valence electrons. The van der Waals surface area contributed by atoms with Gasteiger partial charge in [0.05, 0.1) is 5.92 Å². The summed E-state index contributed by atoms with van der Waals surface area (Å²) in [5.74, 6) is 0.312. The van der Waals surface area contributed by atoms with Crippen molar-refractivity contribution in [1.29, 1.82) is 0 Å². The van der Waals surface area contributed by atoms with Crippen molar-refractivity contribution in [2.75, 3.05) is 6.54 Å². The predicted octanol–water partition coefficient (Wildman–Crippen LogP) is 4.40. The molecule has 0 saturated heterocycles. The Morgan fingerprint density at radius 1 is 1.21 bits per heavy atom. The molecule has 0 heterocycles. The normalized spacial score (nSPS) is 36.0. The first-order valence-corrected chi connectivity index (χ1v) is 11.7. The van der Waals surface area contributed by atoms with Gasteiger partial charge in [-0.1, -0.05) is 19.9 Å². The monoisotopic (exact) mass is 439 g/mol. The summed E-state index contributed by atoms with van der Waals surface area (Å²) in [7, 11) is -5.33. The lowest BCUT2D eigenvalue weighted by atomic mass is 9.72. The van der Waals surface area contributed by atoms with E-state index >= 15 is 0 Å². The van der Waals surface area contributed by atoms with Crippen molar-refractivity contribution in [2.24, 2.45) is 29.6 Å². The summed E-state index contributed by atoms with van der Waals surface area (Å²) >= 11 is 0. The second-order valence-corrected chi connectivity index (χ2v) is 11.0. The minimum atomic E-state index is -5.33. The third-order valence-electron chi connectivity index (χ3n) is 6.19. The van der Waals surface area contributed by atoms with E-state index in [1.165, 1.54) is 0 Å². The topological polar surface area (TPSA) is 72.5 Å². The van der Waals surface area contributed by atoms with Crippen LogP contribution in [-0.2, 0) is 19.6 Å². The van der Waals surface area contributed by atoms with Crippen LogP contribution in [0.5, 0.6) is 0 Å². The van der Waals surface area contributed by atoms with Crippen LogP contribution >= 0.6 is 0 Å². The van der Waals surface area contributed by atoms with Gasteiger partial charge in [0.25, 0.3) is 0 Å². The van der Waals surface area contributed by atoms with E-state index in [-0.39, 0.29) is 42.6 Å². The lowest BCUT2D eigenvalue weighted by Crippen LogP contribution is -2.43. The average Bonchev–Trinajstić information content (AvgIpc) is 2.93. The number of sulfonamides is 1. The Labute approximate surface area is 171 Å². The summed E-state index contributed by atoms with van der Waals surface area (Å²) in [4.78, 5) is 12.8. The highest BCUT2D eigenvalue weighted by Gasteiger charge is 2.46. The Kier molecular flexibility index (Phi) is 7.47. The SMILES string of the molecule is C=CC1CC(C)CC1C(=O)OC1(C)CC(C)CC(CCNS(=O)(=O)C(F)(F)F)C1. The first-order chi connectivity index (χ1) is 13.3. The highest BCUT2D eigenvalue weighted by atomic mass is 32.2. The minimum absolute atomic E-state index is 0.0230. The van der Waals surface area contributed by atoms with Crippen LogP contribution in [0.3, 0.4) is 0 Å². The Morgan fingerprint density at radius 3 is 2.45 bits per heavy atom. The summed E-state index contributed by atoms with van der Waals surface area (Å²) in [6.07, 6.45) is 5.72. The van der Waals surface area contributed by atoms with Crippen LogP contribution < -0.4 is 4.72 Å². The summed E-state index contributed by atoms with van der Waals surface area (Å²) in [6.45, 7) is 9.52. The molecule has 2 rings (SSSR count). The van der Waals surface area contributed by atoms with Gasteiger partial charge in [0.1, 0.15) is 5.60 Å². The number of carbonyl (C=O) groups excluding carboxylic acids is 1. The molecule has 2 fully saturated rings. The standard InChI is InChI=1S/C20H32F3NO4S/c1-5-16-9-13(2)10-17(16)18(25)28-19(4)11-14(3)8-15(12-19)6-7-24-29(26,27)20(21,22)23/h5,13-17,24H,1,6-12H2,2-4H3. The van der Waals surface area contributed by atoms with Gasteiger partial charge in [-0.3, -0.25) is 4.79 Å². The van der Waals surface area contributed by atoms with Crippen molar-refractivity contribution in [3.63, 3.8) is 0 Å². The molecule has 0 amide bonds. The van der Waals surface area contributed by atoms with Gasteiger partial charge >= 0.3 is 21.5 Å². The van der Waals surface area contributed by atoms with Crippen molar-refractivity contribution in [3.8, 4) is 0 Å². The zero-order valence-corrected chi connectivity index (χ0v) is 18.1. The molecule has 0 spiro atoms. The maximum Gasteiger partial charge on any atom is 0.511 e. The van der Waals surface area contributed by atoms with Gasteiger partial charge in [0.15, 0.2) is 0 Å². The number of hydrogen-bond donors (Lipinski definition) is 1. The Bertz CT molecular complexity index is 709. The molecular formula is C20H32F3NO4S. The first kappa shape index (κ1) is 24.2. The smallest absolute Gasteiger partial charge is 0.459 e. The molecule has 0 radical (unpaired) electrons. The maximum absolute atomic E-state index is 12.8. The average molecular weight is 440 g/mol. The van der Waals surface area contributed by atoms with Gasteiger partial charge in [-0.25, -0.2) is 13.1 Å². The maximum atomic E-state index is 12.8. The van der Waals surface area contributed by atoms with Gasteiger partial charge < -0.3 is 4.74 Å². The van der Waals surface area contributed by atoms with Crippen LogP contribution in [0.4, 0.5) is 13.2 Å². The van der Waals surface area contributed by atoms with Crippen LogP contribution in [0.1, 0.15) is 59.3 Å². The molecule has 6 atom stereocenters. The molecule has 0 aromatic heterocycles. The fourth-order valence-corrected chi connectivity index (χ4v) is 5.68. The summed E-state index contributed by atoms with van der Waals surface area (Å²) in [5.41, 5.74) is -6.00. The largest absolute Gasteiger partial charge is 0.511 e. The van der Waals surface area contributed by atoms with E-state index in [4.69, 9.17) is 4.74 Å². The third-order valence-corrected chi connectivity index (χ3v) is 7.38. The molecule has 2 aliphatic rings. The molecule has 5 nitrogen and oxygen atoms in total. The van der Waals surface area contributed by atoms with E-state index < -0.39 is 21.1 Å². The van der Waals surface area contributed by atoms with E-state index in [1.54, 1.807) is 4.72 Å². The lowest BCUT2D eigenvalue weighted by molar-refractivity contribution is -0.170. The Hall–Kier alpha value is -1.09. The van der Waals surface area contributed by atoms with E-state index in [1.807, 2.05) is 19.9 Å². The molecule has 0 bridgehead atoms. The first-order valence-electron chi connectivity index (χ1n) is 10.2. The van der Waals surface area contributed by atoms with Crippen LogP contribution in [0.15, 0.2) is 12.7 Å². The summed E-state index contributed by atoms with van der Waals surface area (Å²) in [6, 6.07) is 0. The lowest BCUT2D eigenvalue weighted by Gasteiger charge is -2.41. The van der Waals surface area contributed by atoms with E-state index in [9.17, 15) is 26.4 Å². The molecule has 1 N–H and O–H groups in total. The second kappa shape index (κ2) is 8.96. The molecule has 0 aromatic carbocycles. The van der Waals surface area contributed by atoms with Crippen LogP contribution in [0.2, 0.25) is 0 Å². The van der Waals surface area contributed by atoms with Crippen LogP contribution in [0.25, 0.3) is 0 Å². The van der Waals surface area contributed by atoms with Crippen LogP contribution in [-0.4, -0.2) is 32.0 Å². The number of halogens is 3. The van der Waals surface area contributed by atoms with Crippen molar-refractivity contribution in [2.45, 2.75) is 70.4 Å².